The molecule has 1 aromatic carbocycles. The lowest BCUT2D eigenvalue weighted by molar-refractivity contribution is 0.198. The number of aliphatic hydroxyl groups is 1. The van der Waals surface area contributed by atoms with Gasteiger partial charge in [0.1, 0.15) is 16.9 Å². The second-order valence-electron chi connectivity index (χ2n) is 4.24. The Balaban J connectivity index is 1.95. The molecule has 1 atom stereocenters. The highest BCUT2D eigenvalue weighted by atomic mass is 79.9. The molecule has 0 saturated carbocycles. The van der Waals surface area contributed by atoms with Gasteiger partial charge < -0.3 is 10.1 Å². The van der Waals surface area contributed by atoms with Crippen molar-refractivity contribution in [3.63, 3.8) is 0 Å². The van der Waals surface area contributed by atoms with Gasteiger partial charge in [-0.25, -0.2) is 15.0 Å². The van der Waals surface area contributed by atoms with E-state index in [-0.39, 0.29) is 0 Å². The van der Waals surface area contributed by atoms with Crippen LogP contribution in [0.3, 0.4) is 0 Å². The molecule has 0 fully saturated rings. The number of rotatable bonds is 3. The minimum absolute atomic E-state index is 0.498. The molecule has 2 aromatic heterocycles. The molecule has 0 aliphatic rings. The van der Waals surface area contributed by atoms with Crippen molar-refractivity contribution in [2.24, 2.45) is 0 Å². The zero-order valence-corrected chi connectivity index (χ0v) is 12.9. The monoisotopic (exact) mass is 350 g/mol. The van der Waals surface area contributed by atoms with Crippen LogP contribution in [0, 0.1) is 0 Å². The highest BCUT2D eigenvalue weighted by molar-refractivity contribution is 9.10. The van der Waals surface area contributed by atoms with Gasteiger partial charge in [-0.1, -0.05) is 33.8 Å². The maximum atomic E-state index is 9.63. The molecule has 0 spiro atoms. The van der Waals surface area contributed by atoms with Crippen LogP contribution in [0.2, 0.25) is 0 Å². The molecule has 7 heteroatoms. The second-order valence-corrected chi connectivity index (χ2v) is 6.16. The molecule has 102 valence electrons. The van der Waals surface area contributed by atoms with Gasteiger partial charge in [-0.05, 0) is 24.6 Å². The van der Waals surface area contributed by atoms with Gasteiger partial charge in [-0.15, -0.1) is 0 Å². The number of hydrogen-bond acceptors (Lipinski definition) is 5. The van der Waals surface area contributed by atoms with Crippen LogP contribution in [0.1, 0.15) is 18.6 Å². The summed E-state index contributed by atoms with van der Waals surface area (Å²) in [4.78, 5) is 16.5. The molecular weight excluding hydrogens is 340 g/mol. The first-order chi connectivity index (χ1) is 9.65. The largest absolute Gasteiger partial charge is 0.389 e. The summed E-state index contributed by atoms with van der Waals surface area (Å²) in [5.74, 6) is 0. The average molecular weight is 351 g/mol. The van der Waals surface area contributed by atoms with Crippen LogP contribution in [0.15, 0.2) is 45.2 Å². The molecule has 3 rings (SSSR count). The lowest BCUT2D eigenvalue weighted by atomic mass is 10.1. The molecule has 2 N–H and O–H groups in total. The van der Waals surface area contributed by atoms with E-state index in [1.54, 1.807) is 13.3 Å². The minimum Gasteiger partial charge on any atom is -0.389 e. The van der Waals surface area contributed by atoms with Crippen LogP contribution in [-0.2, 0) is 0 Å². The Morgan fingerprint density at radius 1 is 1.30 bits per heavy atom. The van der Waals surface area contributed by atoms with Gasteiger partial charge in [-0.2, -0.15) is 0 Å². The van der Waals surface area contributed by atoms with Crippen molar-refractivity contribution in [2.75, 3.05) is 0 Å². The summed E-state index contributed by atoms with van der Waals surface area (Å²) in [6.07, 6.45) is 2.61. The summed E-state index contributed by atoms with van der Waals surface area (Å²) in [6, 6.07) is 5.83. The van der Waals surface area contributed by atoms with Crippen LogP contribution in [-0.4, -0.2) is 25.0 Å². The summed E-state index contributed by atoms with van der Waals surface area (Å²) in [7, 11) is 0. The van der Waals surface area contributed by atoms with E-state index in [0.29, 0.717) is 5.65 Å². The first-order valence-corrected chi connectivity index (χ1v) is 7.55. The number of benzene rings is 1. The van der Waals surface area contributed by atoms with E-state index >= 15 is 0 Å². The number of aromatic amines is 1. The van der Waals surface area contributed by atoms with Gasteiger partial charge >= 0.3 is 0 Å². The van der Waals surface area contributed by atoms with Gasteiger partial charge in [0.2, 0.25) is 0 Å². The summed E-state index contributed by atoms with van der Waals surface area (Å²) in [5.41, 5.74) is 2.35. The molecule has 0 amide bonds. The van der Waals surface area contributed by atoms with E-state index in [4.69, 9.17) is 0 Å². The number of nitrogens with zero attached hydrogens (tertiary/aromatic N) is 3. The van der Waals surface area contributed by atoms with Crippen LogP contribution < -0.4 is 0 Å². The molecular formula is C13H11BrN4OS. The van der Waals surface area contributed by atoms with Crippen LogP contribution >= 0.6 is 27.7 Å². The van der Waals surface area contributed by atoms with Gasteiger partial charge in [-0.3, -0.25) is 0 Å². The van der Waals surface area contributed by atoms with Gasteiger partial charge in [0.15, 0.2) is 5.65 Å². The van der Waals surface area contributed by atoms with Crippen molar-refractivity contribution >= 4 is 38.9 Å². The number of imidazole rings is 1. The number of H-pyrrole nitrogens is 1. The fourth-order valence-corrected chi connectivity index (χ4v) is 3.59. The number of aliphatic hydroxyl groups excluding tert-OH is 1. The van der Waals surface area contributed by atoms with Crippen molar-refractivity contribution in [3.05, 3.63) is 40.9 Å². The van der Waals surface area contributed by atoms with E-state index < -0.39 is 6.10 Å². The molecule has 0 radical (unpaired) electrons. The fourth-order valence-electron chi connectivity index (χ4n) is 1.84. The first kappa shape index (κ1) is 13.5. The van der Waals surface area contributed by atoms with Gasteiger partial charge in [0.25, 0.3) is 0 Å². The Hall–Kier alpha value is -1.44. The zero-order chi connectivity index (χ0) is 14.1. The Kier molecular flexibility index (Phi) is 3.73. The summed E-state index contributed by atoms with van der Waals surface area (Å²) in [6.45, 7) is 1.74. The molecule has 0 saturated heterocycles. The standard InChI is InChI=1S/C13H11BrN4OS/c1-7(19)9-3-2-8(4-10(9)14)20-13-11-12(16-5-15-11)17-6-18-13/h2-7,19H,1H3,(H,15,16,17,18)/t7-/m0/s1. The van der Waals surface area contributed by atoms with Gasteiger partial charge in [0, 0.05) is 9.37 Å². The maximum absolute atomic E-state index is 9.63. The minimum atomic E-state index is -0.498. The molecule has 5 nitrogen and oxygen atoms in total. The normalized spacial score (nSPS) is 12.8. The molecule has 3 aromatic rings. The molecule has 0 aliphatic heterocycles. The highest BCUT2D eigenvalue weighted by Crippen LogP contribution is 2.33. The van der Waals surface area contributed by atoms with Crippen molar-refractivity contribution in [3.8, 4) is 0 Å². The van der Waals surface area contributed by atoms with Crippen molar-refractivity contribution in [1.82, 2.24) is 19.9 Å². The topological polar surface area (TPSA) is 74.7 Å². The van der Waals surface area contributed by atoms with E-state index in [1.165, 1.54) is 18.1 Å². The quantitative estimate of drug-likeness (QED) is 0.708. The fraction of sp³-hybridized carbons (Fsp3) is 0.154. The third kappa shape index (κ3) is 2.56. The predicted molar refractivity (Wildman–Crippen MR) is 80.6 cm³/mol. The maximum Gasteiger partial charge on any atom is 0.181 e. The summed E-state index contributed by atoms with van der Waals surface area (Å²) < 4.78 is 0.882. The Labute approximate surface area is 128 Å². The Morgan fingerprint density at radius 3 is 2.90 bits per heavy atom. The number of hydrogen-bond donors (Lipinski definition) is 2. The number of nitrogens with one attached hydrogen (secondary N) is 1. The van der Waals surface area contributed by atoms with E-state index in [9.17, 15) is 5.11 Å². The molecule has 0 bridgehead atoms. The highest BCUT2D eigenvalue weighted by Gasteiger charge is 2.10. The lowest BCUT2D eigenvalue weighted by Gasteiger charge is -2.09. The second kappa shape index (κ2) is 5.51. The van der Waals surface area contributed by atoms with Crippen molar-refractivity contribution < 1.29 is 5.11 Å². The van der Waals surface area contributed by atoms with Crippen LogP contribution in [0.25, 0.3) is 11.2 Å². The molecule has 0 aliphatic carbocycles. The van der Waals surface area contributed by atoms with Gasteiger partial charge in [0.05, 0.1) is 12.4 Å². The SMILES string of the molecule is C[C@H](O)c1ccc(Sc2ncnc3nc[nH]c23)cc1Br. The zero-order valence-electron chi connectivity index (χ0n) is 10.5. The Morgan fingerprint density at radius 2 is 2.15 bits per heavy atom. The molecule has 0 unspecified atom stereocenters. The Bertz CT molecular complexity index is 759. The van der Waals surface area contributed by atoms with E-state index in [2.05, 4.69) is 35.9 Å². The third-order valence-electron chi connectivity index (χ3n) is 2.82. The van der Waals surface area contributed by atoms with E-state index in [1.807, 2.05) is 18.2 Å². The molecule has 20 heavy (non-hydrogen) atoms. The average Bonchev–Trinajstić information content (AvgIpc) is 2.87. The number of halogens is 1. The summed E-state index contributed by atoms with van der Waals surface area (Å²) >= 11 is 5.00. The first-order valence-electron chi connectivity index (χ1n) is 5.94. The van der Waals surface area contributed by atoms with Crippen molar-refractivity contribution in [2.45, 2.75) is 22.9 Å². The number of aromatic nitrogens is 4. The third-order valence-corrected chi connectivity index (χ3v) is 4.50. The smallest absolute Gasteiger partial charge is 0.181 e. The van der Waals surface area contributed by atoms with E-state index in [0.717, 1.165) is 25.5 Å². The van der Waals surface area contributed by atoms with Crippen LogP contribution in [0.4, 0.5) is 0 Å². The summed E-state index contributed by atoms with van der Waals surface area (Å²) in [5, 5.41) is 10.5. The lowest BCUT2D eigenvalue weighted by Crippen LogP contribution is -1.92. The number of fused-ring (bicyclic) bond motifs is 1. The molecule has 2 heterocycles. The predicted octanol–water partition coefficient (Wildman–Crippen LogP) is 3.32. The van der Waals surface area contributed by atoms with Crippen LogP contribution in [0.5, 0.6) is 0 Å². The van der Waals surface area contributed by atoms with Crippen molar-refractivity contribution in [1.29, 1.82) is 0 Å².